The van der Waals surface area contributed by atoms with Crippen molar-refractivity contribution in [1.82, 2.24) is 0 Å². The molecular formula is C22H25NO3. The van der Waals surface area contributed by atoms with Crippen molar-refractivity contribution in [2.45, 2.75) is 38.0 Å². The predicted molar refractivity (Wildman–Crippen MR) is 103 cm³/mol. The largest absolute Gasteiger partial charge is 0.493 e. The minimum atomic E-state index is -0.365. The highest BCUT2D eigenvalue weighted by Gasteiger charge is 2.34. The lowest BCUT2D eigenvalue weighted by atomic mass is 9.79. The Morgan fingerprint density at radius 2 is 1.85 bits per heavy atom. The van der Waals surface area contributed by atoms with Gasteiger partial charge in [-0.2, -0.15) is 0 Å². The molecule has 1 aliphatic rings. The van der Waals surface area contributed by atoms with Gasteiger partial charge in [0.25, 0.3) is 0 Å². The van der Waals surface area contributed by atoms with E-state index in [4.69, 9.17) is 14.5 Å². The first-order valence-electron chi connectivity index (χ1n) is 9.05. The zero-order valence-electron chi connectivity index (χ0n) is 15.4. The minimum absolute atomic E-state index is 0.152. The number of ether oxygens (including phenoxy) is 2. The van der Waals surface area contributed by atoms with Gasteiger partial charge in [-0.3, -0.25) is 9.79 Å². The highest BCUT2D eigenvalue weighted by atomic mass is 16.6. The van der Waals surface area contributed by atoms with Crippen LogP contribution in [0.1, 0.15) is 43.7 Å². The Morgan fingerprint density at radius 1 is 1.12 bits per heavy atom. The third-order valence-electron chi connectivity index (χ3n) is 5.02. The van der Waals surface area contributed by atoms with Gasteiger partial charge < -0.3 is 9.47 Å². The minimum Gasteiger partial charge on any atom is -0.493 e. The van der Waals surface area contributed by atoms with Gasteiger partial charge >= 0.3 is 5.97 Å². The molecule has 2 aromatic carbocycles. The van der Waals surface area contributed by atoms with Crippen LogP contribution in [0.15, 0.2) is 53.5 Å². The van der Waals surface area contributed by atoms with Gasteiger partial charge in [0.1, 0.15) is 0 Å². The molecule has 4 heteroatoms. The van der Waals surface area contributed by atoms with E-state index >= 15 is 0 Å². The Kier molecular flexibility index (Phi) is 5.71. The van der Waals surface area contributed by atoms with Gasteiger partial charge in [-0.05, 0) is 42.2 Å². The number of hydrogen-bond donors (Lipinski definition) is 0. The lowest BCUT2D eigenvalue weighted by molar-refractivity contribution is -0.132. The molecule has 0 radical (unpaired) electrons. The van der Waals surface area contributed by atoms with E-state index in [2.05, 4.69) is 30.3 Å². The summed E-state index contributed by atoms with van der Waals surface area (Å²) >= 11 is 0. The molecule has 0 aromatic heterocycles. The predicted octanol–water partition coefficient (Wildman–Crippen LogP) is 4.55. The van der Waals surface area contributed by atoms with Crippen LogP contribution in [0, 0.1) is 0 Å². The van der Waals surface area contributed by atoms with Crippen LogP contribution < -0.4 is 9.47 Å². The van der Waals surface area contributed by atoms with Crippen LogP contribution in [0.4, 0.5) is 0 Å². The molecule has 1 fully saturated rings. The van der Waals surface area contributed by atoms with Crippen molar-refractivity contribution in [2.24, 2.45) is 4.99 Å². The number of benzene rings is 2. The average molecular weight is 351 g/mol. The molecule has 1 saturated carbocycles. The van der Waals surface area contributed by atoms with E-state index in [9.17, 15) is 4.79 Å². The molecule has 1 aliphatic carbocycles. The molecule has 0 amide bonds. The van der Waals surface area contributed by atoms with Gasteiger partial charge in [-0.1, -0.05) is 43.2 Å². The van der Waals surface area contributed by atoms with Crippen molar-refractivity contribution in [3.05, 3.63) is 59.7 Å². The standard InChI is InChI=1S/C22H25NO3/c1-17(24)26-20-11-10-18(14-21(20)25-2)15-23-16-22(12-6-7-13-22)19-8-4-3-5-9-19/h3-5,8-11,14-15H,6-7,12-13,16H2,1-2H3. The molecule has 2 aromatic rings. The summed E-state index contributed by atoms with van der Waals surface area (Å²) in [5, 5.41) is 0. The van der Waals surface area contributed by atoms with Gasteiger partial charge in [0.05, 0.1) is 7.11 Å². The van der Waals surface area contributed by atoms with E-state index in [-0.39, 0.29) is 11.4 Å². The van der Waals surface area contributed by atoms with E-state index < -0.39 is 0 Å². The van der Waals surface area contributed by atoms with Crippen LogP contribution in [0.2, 0.25) is 0 Å². The maximum atomic E-state index is 11.2. The molecule has 4 nitrogen and oxygen atoms in total. The quantitative estimate of drug-likeness (QED) is 0.436. The van der Waals surface area contributed by atoms with E-state index in [1.807, 2.05) is 18.3 Å². The summed E-state index contributed by atoms with van der Waals surface area (Å²) in [6.07, 6.45) is 6.76. The highest BCUT2D eigenvalue weighted by molar-refractivity contribution is 5.81. The Balaban J connectivity index is 1.76. The van der Waals surface area contributed by atoms with Crippen LogP contribution >= 0.6 is 0 Å². The smallest absolute Gasteiger partial charge is 0.308 e. The van der Waals surface area contributed by atoms with Crippen molar-refractivity contribution in [1.29, 1.82) is 0 Å². The molecule has 0 unspecified atom stereocenters. The summed E-state index contributed by atoms with van der Waals surface area (Å²) in [4.78, 5) is 15.9. The first kappa shape index (κ1) is 18.2. The second-order valence-corrected chi connectivity index (χ2v) is 6.83. The Hall–Kier alpha value is -2.62. The molecule has 136 valence electrons. The lowest BCUT2D eigenvalue weighted by Crippen LogP contribution is -2.25. The van der Waals surface area contributed by atoms with E-state index in [0.29, 0.717) is 11.5 Å². The van der Waals surface area contributed by atoms with Gasteiger partial charge in [-0.25, -0.2) is 0 Å². The number of methoxy groups -OCH3 is 1. The van der Waals surface area contributed by atoms with Crippen molar-refractivity contribution in [3.8, 4) is 11.5 Å². The fourth-order valence-corrected chi connectivity index (χ4v) is 3.71. The molecule has 3 rings (SSSR count). The van der Waals surface area contributed by atoms with Gasteiger partial charge in [0.15, 0.2) is 11.5 Å². The van der Waals surface area contributed by atoms with E-state index in [1.54, 1.807) is 13.2 Å². The molecule has 0 saturated heterocycles. The lowest BCUT2D eigenvalue weighted by Gasteiger charge is -2.27. The Morgan fingerprint density at radius 3 is 2.50 bits per heavy atom. The van der Waals surface area contributed by atoms with Gasteiger partial charge in [0.2, 0.25) is 0 Å². The molecule has 0 spiro atoms. The Bertz CT molecular complexity index is 777. The molecule has 26 heavy (non-hydrogen) atoms. The zero-order valence-corrected chi connectivity index (χ0v) is 15.4. The zero-order chi connectivity index (χ0) is 18.4. The van der Waals surface area contributed by atoms with Crippen LogP contribution in [-0.4, -0.2) is 25.8 Å². The topological polar surface area (TPSA) is 47.9 Å². The van der Waals surface area contributed by atoms with Crippen LogP contribution in [0.25, 0.3) is 0 Å². The third-order valence-corrected chi connectivity index (χ3v) is 5.02. The number of aliphatic imine (C=N–C) groups is 1. The van der Waals surface area contributed by atoms with E-state index in [0.717, 1.165) is 12.1 Å². The maximum absolute atomic E-state index is 11.2. The summed E-state index contributed by atoms with van der Waals surface area (Å²) < 4.78 is 10.5. The normalized spacial score (nSPS) is 15.9. The number of nitrogens with zero attached hydrogens (tertiary/aromatic N) is 1. The summed E-state index contributed by atoms with van der Waals surface area (Å²) in [5.41, 5.74) is 2.47. The second kappa shape index (κ2) is 8.17. The molecule has 0 bridgehead atoms. The number of esters is 1. The van der Waals surface area contributed by atoms with Crippen molar-refractivity contribution >= 4 is 12.2 Å². The molecule has 0 heterocycles. The van der Waals surface area contributed by atoms with Crippen molar-refractivity contribution < 1.29 is 14.3 Å². The molecule has 0 N–H and O–H groups in total. The summed E-state index contributed by atoms with van der Waals surface area (Å²) in [6, 6.07) is 16.2. The number of carbonyl (C=O) groups excluding carboxylic acids is 1. The Labute approximate surface area is 154 Å². The van der Waals surface area contributed by atoms with Gasteiger partial charge in [0, 0.05) is 25.1 Å². The average Bonchev–Trinajstić information content (AvgIpc) is 3.13. The monoisotopic (exact) mass is 351 g/mol. The van der Waals surface area contributed by atoms with Crippen LogP contribution in [-0.2, 0) is 10.2 Å². The number of hydrogen-bond acceptors (Lipinski definition) is 4. The SMILES string of the molecule is COc1cc(C=NCC2(c3ccccc3)CCCC2)ccc1OC(C)=O. The summed E-state index contributed by atoms with van der Waals surface area (Å²) in [5.74, 6) is 0.590. The number of carbonyl (C=O) groups is 1. The van der Waals surface area contributed by atoms with Crippen LogP contribution in [0.3, 0.4) is 0 Å². The fraction of sp³-hybridized carbons (Fsp3) is 0.364. The molecule has 0 aliphatic heterocycles. The fourth-order valence-electron chi connectivity index (χ4n) is 3.71. The second-order valence-electron chi connectivity index (χ2n) is 6.83. The molecule has 0 atom stereocenters. The van der Waals surface area contributed by atoms with Gasteiger partial charge in [-0.15, -0.1) is 0 Å². The number of rotatable bonds is 6. The first-order valence-corrected chi connectivity index (χ1v) is 9.05. The third kappa shape index (κ3) is 4.13. The molecular weight excluding hydrogens is 326 g/mol. The summed E-state index contributed by atoms with van der Waals surface area (Å²) in [6.45, 7) is 2.16. The maximum Gasteiger partial charge on any atom is 0.308 e. The summed E-state index contributed by atoms with van der Waals surface area (Å²) in [7, 11) is 1.56. The highest BCUT2D eigenvalue weighted by Crippen LogP contribution is 2.41. The van der Waals surface area contributed by atoms with Crippen LogP contribution in [0.5, 0.6) is 11.5 Å². The van der Waals surface area contributed by atoms with Crippen molar-refractivity contribution in [3.63, 3.8) is 0 Å². The van der Waals surface area contributed by atoms with Crippen molar-refractivity contribution in [2.75, 3.05) is 13.7 Å². The first-order chi connectivity index (χ1) is 12.6. The van der Waals surface area contributed by atoms with E-state index in [1.165, 1.54) is 38.2 Å².